The van der Waals surface area contributed by atoms with Crippen LogP contribution in [0.3, 0.4) is 0 Å². The van der Waals surface area contributed by atoms with E-state index in [1.54, 1.807) is 0 Å². The highest BCUT2D eigenvalue weighted by molar-refractivity contribution is 5.95. The maximum absolute atomic E-state index is 12.1. The lowest BCUT2D eigenvalue weighted by molar-refractivity contribution is -0.888. The number of carbonyl (C=O) groups is 1. The van der Waals surface area contributed by atoms with Gasteiger partial charge in [-0.3, -0.25) is 0 Å². The van der Waals surface area contributed by atoms with Gasteiger partial charge in [-0.25, -0.2) is 4.79 Å². The summed E-state index contributed by atoms with van der Waals surface area (Å²) in [5.41, 5.74) is 1.57. The molecule has 0 N–H and O–H groups in total. The number of fused-ring (bicyclic) bond motifs is 1. The second-order valence-corrected chi connectivity index (χ2v) is 5.66. The Morgan fingerprint density at radius 3 is 2.65 bits per heavy atom. The van der Waals surface area contributed by atoms with E-state index in [4.69, 9.17) is 9.15 Å². The summed E-state index contributed by atoms with van der Waals surface area (Å²) in [6, 6.07) is 7.63. The Kier molecular flexibility index (Phi) is 4.14. The molecule has 0 amide bonds. The Hall–Kier alpha value is -1.81. The van der Waals surface area contributed by atoms with Crippen molar-refractivity contribution in [3.63, 3.8) is 0 Å². The zero-order valence-electron chi connectivity index (χ0n) is 12.6. The van der Waals surface area contributed by atoms with Crippen LogP contribution in [0.1, 0.15) is 23.0 Å². The SMILES string of the molecule is CC[N+](C)(C)CCOC(=O)c1oc2ccccc2c1C. The molecule has 4 heteroatoms. The Bertz CT molecular complexity index is 613. The van der Waals surface area contributed by atoms with Gasteiger partial charge in [-0.1, -0.05) is 18.2 Å². The molecule has 0 aliphatic carbocycles. The van der Waals surface area contributed by atoms with Gasteiger partial charge in [-0.2, -0.15) is 0 Å². The number of esters is 1. The van der Waals surface area contributed by atoms with E-state index in [0.717, 1.165) is 34.1 Å². The Morgan fingerprint density at radius 2 is 2.00 bits per heavy atom. The van der Waals surface area contributed by atoms with Gasteiger partial charge in [0, 0.05) is 10.9 Å². The van der Waals surface area contributed by atoms with E-state index >= 15 is 0 Å². The number of carbonyl (C=O) groups excluding carboxylic acids is 1. The van der Waals surface area contributed by atoms with Crippen molar-refractivity contribution in [1.29, 1.82) is 0 Å². The molecule has 1 heterocycles. The van der Waals surface area contributed by atoms with Crippen LogP contribution in [-0.4, -0.2) is 44.2 Å². The van der Waals surface area contributed by atoms with Crippen molar-refractivity contribution in [3.05, 3.63) is 35.6 Å². The number of benzene rings is 1. The fourth-order valence-electron chi connectivity index (χ4n) is 1.98. The summed E-state index contributed by atoms with van der Waals surface area (Å²) < 4.78 is 11.7. The molecule has 2 aromatic rings. The van der Waals surface area contributed by atoms with Crippen LogP contribution in [0, 0.1) is 6.92 Å². The molecule has 0 aliphatic rings. The number of aryl methyl sites for hydroxylation is 1. The molecule has 0 saturated heterocycles. The zero-order chi connectivity index (χ0) is 14.8. The van der Waals surface area contributed by atoms with E-state index in [2.05, 4.69) is 21.0 Å². The topological polar surface area (TPSA) is 39.4 Å². The van der Waals surface area contributed by atoms with E-state index in [1.165, 1.54) is 0 Å². The van der Waals surface area contributed by atoms with Crippen LogP contribution in [-0.2, 0) is 4.74 Å². The fraction of sp³-hybridized carbons (Fsp3) is 0.438. The Morgan fingerprint density at radius 1 is 1.30 bits per heavy atom. The van der Waals surface area contributed by atoms with Crippen molar-refractivity contribution in [2.24, 2.45) is 0 Å². The average Bonchev–Trinajstić information content (AvgIpc) is 2.76. The van der Waals surface area contributed by atoms with Gasteiger partial charge in [-0.05, 0) is 19.9 Å². The van der Waals surface area contributed by atoms with Crippen LogP contribution in [0.4, 0.5) is 0 Å². The standard InChI is InChI=1S/C16H22NO3/c1-5-17(3,4)10-11-19-16(18)15-12(2)13-8-6-7-9-14(13)20-15/h6-9H,5,10-11H2,1-4H3/q+1. The van der Waals surface area contributed by atoms with E-state index in [-0.39, 0.29) is 5.97 Å². The number of para-hydroxylation sites is 1. The maximum atomic E-state index is 12.1. The normalized spacial score (nSPS) is 11.8. The van der Waals surface area contributed by atoms with Gasteiger partial charge in [0.05, 0.1) is 20.6 Å². The van der Waals surface area contributed by atoms with Gasteiger partial charge >= 0.3 is 5.97 Å². The Labute approximate surface area is 119 Å². The third-order valence-electron chi connectivity index (χ3n) is 3.81. The lowest BCUT2D eigenvalue weighted by Crippen LogP contribution is -2.42. The predicted molar refractivity (Wildman–Crippen MR) is 78.7 cm³/mol. The number of furan rings is 1. The predicted octanol–water partition coefficient (Wildman–Crippen LogP) is 2.99. The number of hydrogen-bond acceptors (Lipinski definition) is 3. The summed E-state index contributed by atoms with van der Waals surface area (Å²) in [5.74, 6) is -0.0668. The molecule has 1 aromatic carbocycles. The van der Waals surface area contributed by atoms with Crippen molar-refractivity contribution in [2.75, 3.05) is 33.8 Å². The molecule has 0 fully saturated rings. The summed E-state index contributed by atoms with van der Waals surface area (Å²) >= 11 is 0. The number of likely N-dealkylation sites (N-methyl/N-ethyl adjacent to an activating group) is 1. The lowest BCUT2D eigenvalue weighted by atomic mass is 10.1. The molecule has 1 aromatic heterocycles. The van der Waals surface area contributed by atoms with Crippen molar-refractivity contribution in [3.8, 4) is 0 Å². The largest absolute Gasteiger partial charge is 0.454 e. The molecule has 0 atom stereocenters. The van der Waals surface area contributed by atoms with Gasteiger partial charge in [0.25, 0.3) is 0 Å². The number of ether oxygens (including phenoxy) is 1. The molecule has 0 radical (unpaired) electrons. The summed E-state index contributed by atoms with van der Waals surface area (Å²) in [6.45, 7) is 6.19. The molecule has 0 bridgehead atoms. The van der Waals surface area contributed by atoms with Crippen LogP contribution in [0.15, 0.2) is 28.7 Å². The van der Waals surface area contributed by atoms with Crippen molar-refractivity contribution in [2.45, 2.75) is 13.8 Å². The van der Waals surface area contributed by atoms with E-state index in [9.17, 15) is 4.79 Å². The minimum Gasteiger partial charge on any atom is -0.454 e. The molecule has 108 valence electrons. The lowest BCUT2D eigenvalue weighted by Gasteiger charge is -2.27. The summed E-state index contributed by atoms with van der Waals surface area (Å²) in [5, 5.41) is 0.962. The maximum Gasteiger partial charge on any atom is 0.374 e. The first-order valence-electron chi connectivity index (χ1n) is 6.92. The number of hydrogen-bond donors (Lipinski definition) is 0. The molecule has 0 saturated carbocycles. The average molecular weight is 276 g/mol. The number of rotatable bonds is 5. The van der Waals surface area contributed by atoms with Gasteiger partial charge in [0.1, 0.15) is 18.7 Å². The minimum atomic E-state index is -0.380. The van der Waals surface area contributed by atoms with Crippen molar-refractivity contribution >= 4 is 16.9 Å². The first-order valence-corrected chi connectivity index (χ1v) is 6.92. The highest BCUT2D eigenvalue weighted by Gasteiger charge is 2.20. The molecule has 0 unspecified atom stereocenters. The van der Waals surface area contributed by atoms with Gasteiger partial charge < -0.3 is 13.6 Å². The Balaban J connectivity index is 2.06. The summed E-state index contributed by atoms with van der Waals surface area (Å²) in [7, 11) is 4.22. The summed E-state index contributed by atoms with van der Waals surface area (Å²) in [4.78, 5) is 12.1. The second-order valence-electron chi connectivity index (χ2n) is 5.66. The minimum absolute atomic E-state index is 0.313. The van der Waals surface area contributed by atoms with Crippen LogP contribution >= 0.6 is 0 Å². The van der Waals surface area contributed by atoms with Crippen molar-refractivity contribution in [1.82, 2.24) is 0 Å². The van der Waals surface area contributed by atoms with E-state index in [1.807, 2.05) is 31.2 Å². The number of quaternary nitrogens is 1. The third-order valence-corrected chi connectivity index (χ3v) is 3.81. The monoisotopic (exact) mass is 276 g/mol. The highest BCUT2D eigenvalue weighted by Crippen LogP contribution is 2.25. The fourth-order valence-corrected chi connectivity index (χ4v) is 1.98. The number of nitrogens with zero attached hydrogens (tertiary/aromatic N) is 1. The van der Waals surface area contributed by atoms with Gasteiger partial charge in [0.2, 0.25) is 5.76 Å². The third kappa shape index (κ3) is 3.02. The molecule has 4 nitrogen and oxygen atoms in total. The molecular formula is C16H22NO3+. The quantitative estimate of drug-likeness (QED) is 0.622. The first-order chi connectivity index (χ1) is 9.44. The molecule has 0 aliphatic heterocycles. The highest BCUT2D eigenvalue weighted by atomic mass is 16.5. The van der Waals surface area contributed by atoms with Crippen molar-refractivity contribution < 1.29 is 18.4 Å². The van der Waals surface area contributed by atoms with Crippen LogP contribution < -0.4 is 0 Å². The first kappa shape index (κ1) is 14.6. The van der Waals surface area contributed by atoms with Crippen LogP contribution in [0.25, 0.3) is 11.0 Å². The van der Waals surface area contributed by atoms with Crippen LogP contribution in [0.5, 0.6) is 0 Å². The van der Waals surface area contributed by atoms with Gasteiger partial charge in [-0.15, -0.1) is 0 Å². The van der Waals surface area contributed by atoms with Gasteiger partial charge in [0.15, 0.2) is 0 Å². The zero-order valence-corrected chi connectivity index (χ0v) is 12.6. The summed E-state index contributed by atoms with van der Waals surface area (Å²) in [6.07, 6.45) is 0. The molecule has 2 rings (SSSR count). The molecular weight excluding hydrogens is 254 g/mol. The molecule has 20 heavy (non-hydrogen) atoms. The molecule has 0 spiro atoms. The second kappa shape index (κ2) is 5.67. The van der Waals surface area contributed by atoms with Crippen LogP contribution in [0.2, 0.25) is 0 Å². The van der Waals surface area contributed by atoms with E-state index < -0.39 is 0 Å². The van der Waals surface area contributed by atoms with E-state index in [0.29, 0.717) is 12.4 Å². The smallest absolute Gasteiger partial charge is 0.374 e.